The fourth-order valence-electron chi connectivity index (χ4n) is 1.26. The van der Waals surface area contributed by atoms with E-state index in [-0.39, 0.29) is 0 Å². The SMILES string of the molecule is Brc1ccccc1Cc1cccnn1. The Bertz CT molecular complexity index is 415. The molecule has 0 radical (unpaired) electrons. The van der Waals surface area contributed by atoms with E-state index in [4.69, 9.17) is 0 Å². The van der Waals surface area contributed by atoms with Crippen LogP contribution in [0.25, 0.3) is 0 Å². The minimum Gasteiger partial charge on any atom is -0.159 e. The Morgan fingerprint density at radius 3 is 2.64 bits per heavy atom. The largest absolute Gasteiger partial charge is 0.159 e. The molecule has 1 aromatic carbocycles. The lowest BCUT2D eigenvalue weighted by atomic mass is 10.1. The van der Waals surface area contributed by atoms with Crippen molar-refractivity contribution in [1.82, 2.24) is 10.2 Å². The molecule has 0 saturated carbocycles. The van der Waals surface area contributed by atoms with Gasteiger partial charge in [-0.05, 0) is 23.8 Å². The highest BCUT2D eigenvalue weighted by Gasteiger charge is 2.00. The Kier molecular flexibility index (Phi) is 2.89. The third-order valence-electron chi connectivity index (χ3n) is 1.96. The molecule has 0 N–H and O–H groups in total. The molecule has 0 aliphatic rings. The van der Waals surface area contributed by atoms with Crippen LogP contribution in [0.4, 0.5) is 0 Å². The summed E-state index contributed by atoms with van der Waals surface area (Å²) in [5.41, 5.74) is 2.22. The number of aromatic nitrogens is 2. The van der Waals surface area contributed by atoms with E-state index in [0.717, 1.165) is 16.6 Å². The highest BCUT2D eigenvalue weighted by Crippen LogP contribution is 2.18. The van der Waals surface area contributed by atoms with Crippen molar-refractivity contribution in [2.45, 2.75) is 6.42 Å². The standard InChI is InChI=1S/C11H9BrN2/c12-11-6-2-1-4-9(11)8-10-5-3-7-13-14-10/h1-7H,8H2. The first-order chi connectivity index (χ1) is 6.86. The molecule has 14 heavy (non-hydrogen) atoms. The fourth-order valence-corrected chi connectivity index (χ4v) is 1.69. The van der Waals surface area contributed by atoms with E-state index in [9.17, 15) is 0 Å². The minimum atomic E-state index is 0.815. The molecular formula is C11H9BrN2. The Hall–Kier alpha value is -1.22. The smallest absolute Gasteiger partial charge is 0.0675 e. The first-order valence-corrected chi connectivity index (χ1v) is 5.15. The van der Waals surface area contributed by atoms with Crippen LogP contribution in [0, 0.1) is 0 Å². The molecule has 0 atom stereocenters. The summed E-state index contributed by atoms with van der Waals surface area (Å²) in [6.07, 6.45) is 2.50. The second kappa shape index (κ2) is 4.33. The normalized spacial score (nSPS) is 10.1. The number of halogens is 1. The van der Waals surface area contributed by atoms with Gasteiger partial charge in [0.25, 0.3) is 0 Å². The number of benzene rings is 1. The topological polar surface area (TPSA) is 25.8 Å². The van der Waals surface area contributed by atoms with Gasteiger partial charge in [-0.25, -0.2) is 0 Å². The van der Waals surface area contributed by atoms with Crippen molar-refractivity contribution in [3.8, 4) is 0 Å². The summed E-state index contributed by atoms with van der Waals surface area (Å²) in [5, 5.41) is 7.89. The molecule has 3 heteroatoms. The first kappa shape index (κ1) is 9.34. The summed E-state index contributed by atoms with van der Waals surface area (Å²) in [4.78, 5) is 0. The maximum absolute atomic E-state index is 4.04. The third-order valence-corrected chi connectivity index (χ3v) is 2.73. The van der Waals surface area contributed by atoms with E-state index in [0.29, 0.717) is 0 Å². The zero-order valence-corrected chi connectivity index (χ0v) is 9.11. The Morgan fingerprint density at radius 1 is 1.07 bits per heavy atom. The van der Waals surface area contributed by atoms with Gasteiger partial charge in [0.15, 0.2) is 0 Å². The van der Waals surface area contributed by atoms with Crippen molar-refractivity contribution in [1.29, 1.82) is 0 Å². The van der Waals surface area contributed by atoms with Gasteiger partial charge in [0.05, 0.1) is 5.69 Å². The van der Waals surface area contributed by atoms with Crippen LogP contribution in [0.5, 0.6) is 0 Å². The quantitative estimate of drug-likeness (QED) is 0.817. The molecule has 0 saturated heterocycles. The van der Waals surface area contributed by atoms with Crippen LogP contribution in [-0.2, 0) is 6.42 Å². The van der Waals surface area contributed by atoms with Gasteiger partial charge in [0.2, 0.25) is 0 Å². The van der Waals surface area contributed by atoms with Crippen LogP contribution >= 0.6 is 15.9 Å². The zero-order chi connectivity index (χ0) is 9.80. The highest BCUT2D eigenvalue weighted by molar-refractivity contribution is 9.10. The predicted molar refractivity (Wildman–Crippen MR) is 59.0 cm³/mol. The molecule has 0 aliphatic heterocycles. The molecule has 70 valence electrons. The van der Waals surface area contributed by atoms with Gasteiger partial charge in [-0.2, -0.15) is 10.2 Å². The van der Waals surface area contributed by atoms with Crippen LogP contribution in [-0.4, -0.2) is 10.2 Å². The fraction of sp³-hybridized carbons (Fsp3) is 0.0909. The van der Waals surface area contributed by atoms with Crippen LogP contribution in [0.1, 0.15) is 11.3 Å². The van der Waals surface area contributed by atoms with E-state index in [2.05, 4.69) is 32.2 Å². The lowest BCUT2D eigenvalue weighted by Crippen LogP contribution is -1.93. The van der Waals surface area contributed by atoms with E-state index in [1.807, 2.05) is 30.3 Å². The van der Waals surface area contributed by atoms with Gasteiger partial charge in [-0.1, -0.05) is 34.1 Å². The van der Waals surface area contributed by atoms with E-state index >= 15 is 0 Å². The van der Waals surface area contributed by atoms with Crippen LogP contribution in [0.2, 0.25) is 0 Å². The number of hydrogen-bond donors (Lipinski definition) is 0. The summed E-state index contributed by atoms with van der Waals surface area (Å²) in [6, 6.07) is 12.0. The molecule has 0 bridgehead atoms. The minimum absolute atomic E-state index is 0.815. The summed E-state index contributed by atoms with van der Waals surface area (Å²) >= 11 is 3.51. The Balaban J connectivity index is 2.24. The predicted octanol–water partition coefficient (Wildman–Crippen LogP) is 2.83. The number of hydrogen-bond acceptors (Lipinski definition) is 2. The van der Waals surface area contributed by atoms with Crippen molar-refractivity contribution >= 4 is 15.9 Å². The maximum atomic E-state index is 4.04. The monoisotopic (exact) mass is 248 g/mol. The van der Waals surface area contributed by atoms with Crippen LogP contribution in [0.3, 0.4) is 0 Å². The summed E-state index contributed by atoms with van der Waals surface area (Å²) < 4.78 is 1.12. The molecule has 0 amide bonds. The van der Waals surface area contributed by atoms with Crippen LogP contribution < -0.4 is 0 Å². The summed E-state index contributed by atoms with van der Waals surface area (Å²) in [5.74, 6) is 0. The van der Waals surface area contributed by atoms with Crippen molar-refractivity contribution in [2.24, 2.45) is 0 Å². The average Bonchev–Trinajstić information content (AvgIpc) is 2.23. The molecule has 0 fully saturated rings. The summed E-state index contributed by atoms with van der Waals surface area (Å²) in [7, 11) is 0. The van der Waals surface area contributed by atoms with Gasteiger partial charge < -0.3 is 0 Å². The second-order valence-corrected chi connectivity index (χ2v) is 3.84. The average molecular weight is 249 g/mol. The van der Waals surface area contributed by atoms with E-state index in [1.54, 1.807) is 6.20 Å². The van der Waals surface area contributed by atoms with Crippen molar-refractivity contribution < 1.29 is 0 Å². The highest BCUT2D eigenvalue weighted by atomic mass is 79.9. The van der Waals surface area contributed by atoms with Gasteiger partial charge >= 0.3 is 0 Å². The molecule has 1 aromatic heterocycles. The Morgan fingerprint density at radius 2 is 1.93 bits per heavy atom. The third kappa shape index (κ3) is 2.17. The molecule has 2 nitrogen and oxygen atoms in total. The lowest BCUT2D eigenvalue weighted by Gasteiger charge is -2.02. The van der Waals surface area contributed by atoms with Gasteiger partial charge in [-0.15, -0.1) is 0 Å². The molecule has 0 spiro atoms. The van der Waals surface area contributed by atoms with Crippen molar-refractivity contribution in [2.75, 3.05) is 0 Å². The van der Waals surface area contributed by atoms with Crippen LogP contribution in [0.15, 0.2) is 47.1 Å². The van der Waals surface area contributed by atoms with E-state index in [1.165, 1.54) is 5.56 Å². The zero-order valence-electron chi connectivity index (χ0n) is 7.52. The molecule has 0 aliphatic carbocycles. The Labute approximate surface area is 91.1 Å². The van der Waals surface area contributed by atoms with Crippen molar-refractivity contribution in [3.05, 3.63) is 58.3 Å². The number of nitrogens with zero attached hydrogens (tertiary/aromatic N) is 2. The van der Waals surface area contributed by atoms with Gasteiger partial charge in [0.1, 0.15) is 0 Å². The number of rotatable bonds is 2. The molecule has 2 aromatic rings. The van der Waals surface area contributed by atoms with Gasteiger partial charge in [0, 0.05) is 17.1 Å². The van der Waals surface area contributed by atoms with Gasteiger partial charge in [-0.3, -0.25) is 0 Å². The van der Waals surface area contributed by atoms with Crippen molar-refractivity contribution in [3.63, 3.8) is 0 Å². The molecule has 2 rings (SSSR count). The first-order valence-electron chi connectivity index (χ1n) is 4.36. The molecule has 1 heterocycles. The lowest BCUT2D eigenvalue weighted by molar-refractivity contribution is 0.935. The molecule has 0 unspecified atom stereocenters. The molecular weight excluding hydrogens is 240 g/mol. The summed E-state index contributed by atoms with van der Waals surface area (Å²) in [6.45, 7) is 0. The van der Waals surface area contributed by atoms with E-state index < -0.39 is 0 Å². The maximum Gasteiger partial charge on any atom is 0.0675 e. The second-order valence-electron chi connectivity index (χ2n) is 2.98.